The minimum atomic E-state index is -4.10. The molecule has 2 aromatic carbocycles. The minimum Gasteiger partial charge on any atom is -0.372 e. The van der Waals surface area contributed by atoms with Crippen LogP contribution in [0, 0.1) is 17.2 Å². The zero-order valence-electron chi connectivity index (χ0n) is 14.5. The van der Waals surface area contributed by atoms with E-state index in [1.165, 1.54) is 0 Å². The Balaban J connectivity index is 1.70. The molecule has 0 saturated carbocycles. The van der Waals surface area contributed by atoms with Crippen molar-refractivity contribution in [3.05, 3.63) is 64.7 Å². The summed E-state index contributed by atoms with van der Waals surface area (Å²) >= 11 is 5.88. The zero-order valence-corrected chi connectivity index (χ0v) is 15.3. The molecule has 3 rings (SSSR count). The lowest BCUT2D eigenvalue weighted by Gasteiger charge is -2.34. The lowest BCUT2D eigenvalue weighted by atomic mass is 9.96. The van der Waals surface area contributed by atoms with Gasteiger partial charge in [-0.3, -0.25) is 0 Å². The van der Waals surface area contributed by atoms with Gasteiger partial charge >= 0.3 is 6.18 Å². The van der Waals surface area contributed by atoms with E-state index in [2.05, 4.69) is 6.07 Å². The van der Waals surface area contributed by atoms with Crippen LogP contribution in [0.3, 0.4) is 0 Å². The lowest BCUT2D eigenvalue weighted by molar-refractivity contribution is -0.179. The summed E-state index contributed by atoms with van der Waals surface area (Å²) in [6.45, 7) is 0.793. The van der Waals surface area contributed by atoms with E-state index in [1.54, 1.807) is 30.3 Å². The molecule has 0 bridgehead atoms. The predicted octanol–water partition coefficient (Wildman–Crippen LogP) is 6.18. The van der Waals surface area contributed by atoms with Crippen molar-refractivity contribution in [2.24, 2.45) is 5.92 Å². The van der Waals surface area contributed by atoms with Crippen LogP contribution in [0.5, 0.6) is 0 Å². The van der Waals surface area contributed by atoms with Gasteiger partial charge in [-0.1, -0.05) is 35.9 Å². The second kappa shape index (κ2) is 8.06. The van der Waals surface area contributed by atoms with Crippen molar-refractivity contribution in [1.29, 1.82) is 5.26 Å². The highest BCUT2D eigenvalue weighted by atomic mass is 35.5. The van der Waals surface area contributed by atoms with Gasteiger partial charge in [0.2, 0.25) is 0 Å². The number of nitriles is 1. The van der Waals surface area contributed by atoms with Gasteiger partial charge in [-0.05, 0) is 54.3 Å². The molecule has 1 aliphatic heterocycles. The summed E-state index contributed by atoms with van der Waals surface area (Å²) in [5, 5.41) is 10.0. The molecule has 0 atom stereocenters. The molecule has 0 N–H and O–H groups in total. The molecule has 1 saturated heterocycles. The van der Waals surface area contributed by atoms with E-state index in [-0.39, 0.29) is 12.8 Å². The van der Waals surface area contributed by atoms with E-state index >= 15 is 0 Å². The molecule has 0 spiro atoms. The Morgan fingerprint density at radius 2 is 1.63 bits per heavy atom. The number of halogens is 4. The molecule has 2 nitrogen and oxygen atoms in total. The largest absolute Gasteiger partial charge is 0.391 e. The average molecular weight is 391 g/mol. The van der Waals surface area contributed by atoms with Gasteiger partial charge in [-0.2, -0.15) is 18.4 Å². The number of alkyl halides is 3. The second-order valence-electron chi connectivity index (χ2n) is 6.57. The van der Waals surface area contributed by atoms with Crippen molar-refractivity contribution in [1.82, 2.24) is 0 Å². The predicted molar refractivity (Wildman–Crippen MR) is 102 cm³/mol. The molecule has 27 heavy (non-hydrogen) atoms. The number of piperidine rings is 1. The fourth-order valence-corrected chi connectivity index (χ4v) is 3.35. The highest BCUT2D eigenvalue weighted by Gasteiger charge is 2.41. The summed E-state index contributed by atoms with van der Waals surface area (Å²) in [7, 11) is 0. The Labute approximate surface area is 161 Å². The first-order valence-corrected chi connectivity index (χ1v) is 9.04. The fourth-order valence-electron chi connectivity index (χ4n) is 3.22. The van der Waals surface area contributed by atoms with Gasteiger partial charge in [-0.25, -0.2) is 0 Å². The SMILES string of the molecule is N#C/C(=C\c1ccc(N2CCC(C(F)(F)F)CC2)cc1)c1ccc(Cl)cc1. The van der Waals surface area contributed by atoms with Gasteiger partial charge in [0.15, 0.2) is 0 Å². The topological polar surface area (TPSA) is 27.0 Å². The number of benzene rings is 2. The van der Waals surface area contributed by atoms with Gasteiger partial charge in [0, 0.05) is 23.8 Å². The highest BCUT2D eigenvalue weighted by molar-refractivity contribution is 6.30. The van der Waals surface area contributed by atoms with Gasteiger partial charge < -0.3 is 4.90 Å². The maximum absolute atomic E-state index is 12.8. The maximum Gasteiger partial charge on any atom is 0.391 e. The van der Waals surface area contributed by atoms with Crippen LogP contribution in [0.25, 0.3) is 11.6 Å². The summed E-state index contributed by atoms with van der Waals surface area (Å²) in [6, 6.07) is 16.7. The second-order valence-corrected chi connectivity index (χ2v) is 7.01. The normalized spacial score (nSPS) is 16.3. The molecule has 6 heteroatoms. The van der Waals surface area contributed by atoms with Crippen LogP contribution >= 0.6 is 11.6 Å². The molecular formula is C21H18ClF3N2. The number of anilines is 1. The van der Waals surface area contributed by atoms with Crippen molar-refractivity contribution in [3.8, 4) is 6.07 Å². The summed E-state index contributed by atoms with van der Waals surface area (Å²) < 4.78 is 38.3. The molecule has 0 radical (unpaired) electrons. The van der Waals surface area contributed by atoms with E-state index in [9.17, 15) is 18.4 Å². The first-order chi connectivity index (χ1) is 12.9. The average Bonchev–Trinajstić information content (AvgIpc) is 2.67. The van der Waals surface area contributed by atoms with Crippen molar-refractivity contribution in [2.75, 3.05) is 18.0 Å². The van der Waals surface area contributed by atoms with Crippen LogP contribution in [0.4, 0.5) is 18.9 Å². The molecule has 140 valence electrons. The van der Waals surface area contributed by atoms with E-state index < -0.39 is 12.1 Å². The monoisotopic (exact) mass is 390 g/mol. The van der Waals surface area contributed by atoms with Crippen LogP contribution in [0.2, 0.25) is 5.02 Å². The highest BCUT2D eigenvalue weighted by Crippen LogP contribution is 2.35. The molecule has 1 fully saturated rings. The third-order valence-corrected chi connectivity index (χ3v) is 5.05. The van der Waals surface area contributed by atoms with Crippen molar-refractivity contribution in [2.45, 2.75) is 19.0 Å². The molecule has 1 aliphatic rings. The summed E-state index contributed by atoms with van der Waals surface area (Å²) in [5.41, 5.74) is 3.05. The summed E-state index contributed by atoms with van der Waals surface area (Å²) in [5.74, 6) is -1.20. The van der Waals surface area contributed by atoms with E-state index in [0.29, 0.717) is 23.7 Å². The van der Waals surface area contributed by atoms with E-state index in [4.69, 9.17) is 11.6 Å². The number of hydrogen-bond donors (Lipinski definition) is 0. The quantitative estimate of drug-likeness (QED) is 0.462. The Bertz CT molecular complexity index is 841. The van der Waals surface area contributed by atoms with Crippen LogP contribution in [0.1, 0.15) is 24.0 Å². The molecule has 0 amide bonds. The van der Waals surface area contributed by atoms with Gasteiger partial charge in [-0.15, -0.1) is 0 Å². The third kappa shape index (κ3) is 4.84. The number of allylic oxidation sites excluding steroid dienone is 1. The standard InChI is InChI=1S/C21H18ClF3N2/c22-19-5-3-16(4-6-19)17(14-26)13-15-1-7-20(8-2-15)27-11-9-18(10-12-27)21(23,24)25/h1-8,13,18H,9-12H2/b17-13+. The number of hydrogen-bond acceptors (Lipinski definition) is 2. The third-order valence-electron chi connectivity index (χ3n) is 4.80. The molecular weight excluding hydrogens is 373 g/mol. The van der Waals surface area contributed by atoms with Crippen LogP contribution < -0.4 is 4.90 Å². The van der Waals surface area contributed by atoms with Crippen LogP contribution in [-0.2, 0) is 0 Å². The molecule has 2 aromatic rings. The Kier molecular flexibility index (Phi) is 5.76. The van der Waals surface area contributed by atoms with Crippen molar-refractivity contribution >= 4 is 28.9 Å². The van der Waals surface area contributed by atoms with Crippen molar-refractivity contribution < 1.29 is 13.2 Å². The Hall–Kier alpha value is -2.45. The Morgan fingerprint density at radius 1 is 1.04 bits per heavy atom. The zero-order chi connectivity index (χ0) is 19.4. The fraction of sp³-hybridized carbons (Fsp3) is 0.286. The lowest BCUT2D eigenvalue weighted by Crippen LogP contribution is -2.38. The molecule has 0 aliphatic carbocycles. The van der Waals surface area contributed by atoms with Gasteiger partial charge in [0.05, 0.1) is 17.6 Å². The maximum atomic E-state index is 12.8. The first kappa shape index (κ1) is 19.3. The molecule has 1 heterocycles. The Morgan fingerprint density at radius 3 is 2.15 bits per heavy atom. The number of nitrogens with zero attached hydrogens (tertiary/aromatic N) is 2. The van der Waals surface area contributed by atoms with Crippen molar-refractivity contribution in [3.63, 3.8) is 0 Å². The van der Waals surface area contributed by atoms with E-state index in [1.807, 2.05) is 29.2 Å². The first-order valence-electron chi connectivity index (χ1n) is 8.66. The van der Waals surface area contributed by atoms with Gasteiger partial charge in [0.25, 0.3) is 0 Å². The smallest absolute Gasteiger partial charge is 0.372 e. The minimum absolute atomic E-state index is 0.125. The van der Waals surface area contributed by atoms with E-state index in [0.717, 1.165) is 16.8 Å². The molecule has 0 aromatic heterocycles. The summed E-state index contributed by atoms with van der Waals surface area (Å²) in [6.07, 6.45) is -2.07. The number of rotatable bonds is 3. The summed E-state index contributed by atoms with van der Waals surface area (Å²) in [4.78, 5) is 1.97. The molecule has 0 unspecified atom stereocenters. The van der Waals surface area contributed by atoms with Crippen LogP contribution in [0.15, 0.2) is 48.5 Å². The van der Waals surface area contributed by atoms with Crippen LogP contribution in [-0.4, -0.2) is 19.3 Å². The van der Waals surface area contributed by atoms with Gasteiger partial charge in [0.1, 0.15) is 0 Å².